The van der Waals surface area contributed by atoms with Gasteiger partial charge in [-0.1, -0.05) is 19.1 Å². The van der Waals surface area contributed by atoms with Gasteiger partial charge in [0.25, 0.3) is 0 Å². The average Bonchev–Trinajstić information content (AvgIpc) is 2.40. The molecule has 1 aliphatic carbocycles. The van der Waals surface area contributed by atoms with Crippen molar-refractivity contribution in [2.45, 2.75) is 32.2 Å². The van der Waals surface area contributed by atoms with E-state index < -0.39 is 0 Å². The minimum absolute atomic E-state index is 0.177. The van der Waals surface area contributed by atoms with Gasteiger partial charge in [-0.05, 0) is 25.8 Å². The number of likely N-dealkylation sites (N-methyl/N-ethyl adjacent to an activating group) is 1. The Balaban J connectivity index is 1.68. The number of nitrogens with one attached hydrogen (secondary N) is 1. The summed E-state index contributed by atoms with van der Waals surface area (Å²) < 4.78 is 0. The molecule has 1 aliphatic heterocycles. The van der Waals surface area contributed by atoms with E-state index in [0.29, 0.717) is 6.54 Å². The summed E-state index contributed by atoms with van der Waals surface area (Å²) in [5.41, 5.74) is 0. The second kappa shape index (κ2) is 6.90. The zero-order valence-corrected chi connectivity index (χ0v) is 11.4. The van der Waals surface area contributed by atoms with Crippen molar-refractivity contribution < 1.29 is 4.79 Å². The highest BCUT2D eigenvalue weighted by Gasteiger charge is 2.19. The Morgan fingerprint density at radius 3 is 2.61 bits per heavy atom. The Kier molecular flexibility index (Phi) is 5.20. The summed E-state index contributed by atoms with van der Waals surface area (Å²) in [6, 6.07) is 0.267. The van der Waals surface area contributed by atoms with Crippen LogP contribution >= 0.6 is 0 Å². The lowest BCUT2D eigenvalue weighted by molar-refractivity contribution is -0.123. The molecule has 2 rings (SSSR count). The Labute approximate surface area is 110 Å². The maximum absolute atomic E-state index is 11.9. The lowest BCUT2D eigenvalue weighted by atomic mass is 10.0. The number of carbonyl (C=O) groups is 1. The van der Waals surface area contributed by atoms with Gasteiger partial charge in [0.1, 0.15) is 0 Å². The maximum Gasteiger partial charge on any atom is 0.234 e. The molecule has 1 saturated heterocycles. The fourth-order valence-corrected chi connectivity index (χ4v) is 2.65. The first-order chi connectivity index (χ1) is 8.78. The van der Waals surface area contributed by atoms with Crippen molar-refractivity contribution in [3.05, 3.63) is 12.2 Å². The van der Waals surface area contributed by atoms with Crippen molar-refractivity contribution in [2.75, 3.05) is 39.3 Å². The number of hydrogen-bond acceptors (Lipinski definition) is 3. The monoisotopic (exact) mass is 251 g/mol. The average molecular weight is 251 g/mol. The van der Waals surface area contributed by atoms with Crippen molar-refractivity contribution in [3.8, 4) is 0 Å². The van der Waals surface area contributed by atoms with Crippen molar-refractivity contribution in [3.63, 3.8) is 0 Å². The van der Waals surface area contributed by atoms with Crippen LogP contribution in [-0.2, 0) is 4.79 Å². The van der Waals surface area contributed by atoms with Gasteiger partial charge in [0.2, 0.25) is 5.91 Å². The summed E-state index contributed by atoms with van der Waals surface area (Å²) in [7, 11) is 0. The summed E-state index contributed by atoms with van der Waals surface area (Å²) in [6.45, 7) is 8.08. The fraction of sp³-hybridized carbons (Fsp3) is 0.786. The predicted octanol–water partition coefficient (Wildman–Crippen LogP) is 0.849. The lowest BCUT2D eigenvalue weighted by Gasteiger charge is -2.33. The Morgan fingerprint density at radius 2 is 2.00 bits per heavy atom. The second-order valence-corrected chi connectivity index (χ2v) is 5.24. The summed E-state index contributed by atoms with van der Waals surface area (Å²) in [5.74, 6) is 0.177. The van der Waals surface area contributed by atoms with E-state index in [-0.39, 0.29) is 11.9 Å². The number of hydrogen-bond donors (Lipinski definition) is 1. The highest BCUT2D eigenvalue weighted by Crippen LogP contribution is 2.10. The van der Waals surface area contributed by atoms with Crippen LogP contribution in [0.15, 0.2) is 12.2 Å². The molecule has 1 heterocycles. The van der Waals surface area contributed by atoms with Gasteiger partial charge >= 0.3 is 0 Å². The minimum atomic E-state index is 0.177. The zero-order valence-electron chi connectivity index (χ0n) is 11.4. The van der Waals surface area contributed by atoms with Crippen LogP contribution in [0.3, 0.4) is 0 Å². The summed E-state index contributed by atoms with van der Waals surface area (Å²) in [6.07, 6.45) is 7.75. The van der Waals surface area contributed by atoms with Crippen LogP contribution in [0.5, 0.6) is 0 Å². The Morgan fingerprint density at radius 1 is 1.28 bits per heavy atom. The molecule has 0 spiro atoms. The molecule has 102 valence electrons. The highest BCUT2D eigenvalue weighted by atomic mass is 16.2. The minimum Gasteiger partial charge on any atom is -0.349 e. The second-order valence-electron chi connectivity index (χ2n) is 5.24. The van der Waals surface area contributed by atoms with E-state index in [1.165, 1.54) is 6.42 Å². The zero-order chi connectivity index (χ0) is 12.8. The van der Waals surface area contributed by atoms with Gasteiger partial charge in [0.15, 0.2) is 0 Å². The molecular weight excluding hydrogens is 226 g/mol. The summed E-state index contributed by atoms with van der Waals surface area (Å²) in [4.78, 5) is 16.6. The van der Waals surface area contributed by atoms with E-state index in [4.69, 9.17) is 0 Å². The summed E-state index contributed by atoms with van der Waals surface area (Å²) >= 11 is 0. The molecule has 4 heteroatoms. The molecule has 0 aromatic rings. The predicted molar refractivity (Wildman–Crippen MR) is 73.5 cm³/mol. The highest BCUT2D eigenvalue weighted by molar-refractivity contribution is 5.78. The van der Waals surface area contributed by atoms with Crippen LogP contribution in [-0.4, -0.2) is 61.0 Å². The fourth-order valence-electron chi connectivity index (χ4n) is 2.65. The molecule has 0 aromatic carbocycles. The molecule has 0 saturated carbocycles. The largest absolute Gasteiger partial charge is 0.349 e. The molecule has 18 heavy (non-hydrogen) atoms. The third kappa shape index (κ3) is 4.10. The van der Waals surface area contributed by atoms with Crippen molar-refractivity contribution >= 4 is 5.91 Å². The van der Waals surface area contributed by atoms with E-state index in [9.17, 15) is 4.79 Å². The Bertz CT molecular complexity index is 295. The van der Waals surface area contributed by atoms with Crippen molar-refractivity contribution in [1.82, 2.24) is 15.1 Å². The lowest BCUT2D eigenvalue weighted by Crippen LogP contribution is -2.50. The number of piperazine rings is 1. The molecule has 1 amide bonds. The molecule has 0 bridgehead atoms. The van der Waals surface area contributed by atoms with Crippen LogP contribution in [0.25, 0.3) is 0 Å². The van der Waals surface area contributed by atoms with Gasteiger partial charge in [-0.15, -0.1) is 0 Å². The molecule has 1 unspecified atom stereocenters. The smallest absolute Gasteiger partial charge is 0.234 e. The summed E-state index contributed by atoms with van der Waals surface area (Å²) in [5, 5.41) is 3.11. The normalized spacial score (nSPS) is 26.2. The number of rotatable bonds is 4. The molecule has 4 nitrogen and oxygen atoms in total. The quantitative estimate of drug-likeness (QED) is 0.752. The molecular formula is C14H25N3O. The molecule has 1 atom stereocenters. The first-order valence-corrected chi connectivity index (χ1v) is 7.18. The van der Waals surface area contributed by atoms with E-state index in [1.807, 2.05) is 0 Å². The SMILES string of the molecule is CCN1CCN(CC(=O)NC2C=CCCC2)CC1. The van der Waals surface area contributed by atoms with Crippen LogP contribution in [0.4, 0.5) is 0 Å². The molecule has 2 aliphatic rings. The molecule has 1 N–H and O–H groups in total. The van der Waals surface area contributed by atoms with Gasteiger partial charge < -0.3 is 10.2 Å². The van der Waals surface area contributed by atoms with E-state index in [0.717, 1.165) is 45.6 Å². The number of allylic oxidation sites excluding steroid dienone is 1. The first-order valence-electron chi connectivity index (χ1n) is 7.18. The van der Waals surface area contributed by atoms with Crippen LogP contribution in [0.2, 0.25) is 0 Å². The van der Waals surface area contributed by atoms with Gasteiger partial charge in [-0.2, -0.15) is 0 Å². The maximum atomic E-state index is 11.9. The molecule has 0 radical (unpaired) electrons. The van der Waals surface area contributed by atoms with Gasteiger partial charge in [-0.3, -0.25) is 9.69 Å². The number of carbonyl (C=O) groups excluding carboxylic acids is 1. The molecule has 0 aromatic heterocycles. The van der Waals surface area contributed by atoms with E-state index in [2.05, 4.69) is 34.2 Å². The van der Waals surface area contributed by atoms with Gasteiger partial charge in [0.05, 0.1) is 6.54 Å². The number of nitrogens with zero attached hydrogens (tertiary/aromatic N) is 2. The topological polar surface area (TPSA) is 35.6 Å². The van der Waals surface area contributed by atoms with Crippen LogP contribution in [0.1, 0.15) is 26.2 Å². The third-order valence-electron chi connectivity index (χ3n) is 3.88. The molecule has 1 fully saturated rings. The van der Waals surface area contributed by atoms with E-state index >= 15 is 0 Å². The van der Waals surface area contributed by atoms with E-state index in [1.54, 1.807) is 0 Å². The Hall–Kier alpha value is -0.870. The third-order valence-corrected chi connectivity index (χ3v) is 3.88. The number of amides is 1. The first kappa shape index (κ1) is 13.6. The van der Waals surface area contributed by atoms with Crippen molar-refractivity contribution in [2.24, 2.45) is 0 Å². The van der Waals surface area contributed by atoms with Gasteiger partial charge in [-0.25, -0.2) is 0 Å². The standard InChI is InChI=1S/C14H25N3O/c1-2-16-8-10-17(11-9-16)12-14(18)15-13-6-4-3-5-7-13/h4,6,13H,2-3,5,7-12H2,1H3,(H,15,18). The van der Waals surface area contributed by atoms with Crippen molar-refractivity contribution in [1.29, 1.82) is 0 Å². The van der Waals surface area contributed by atoms with Gasteiger partial charge in [0, 0.05) is 32.2 Å². The van der Waals surface area contributed by atoms with Crippen LogP contribution < -0.4 is 5.32 Å². The van der Waals surface area contributed by atoms with Crippen LogP contribution in [0, 0.1) is 0 Å².